The van der Waals surface area contributed by atoms with Gasteiger partial charge in [-0.05, 0) is 6.42 Å². The van der Waals surface area contributed by atoms with Gasteiger partial charge in [-0.1, -0.05) is 64.7 Å². The van der Waals surface area contributed by atoms with E-state index in [4.69, 9.17) is 0 Å². The number of rotatable bonds is 14. The van der Waals surface area contributed by atoms with Gasteiger partial charge in [0.1, 0.15) is 0 Å². The average molecular weight is 313 g/mol. The van der Waals surface area contributed by atoms with Gasteiger partial charge in [0.2, 0.25) is 5.91 Å². The first-order valence-electron chi connectivity index (χ1n) is 8.94. The molecule has 0 aliphatic heterocycles. The van der Waals surface area contributed by atoms with Crippen LogP contribution in [-0.4, -0.2) is 37.0 Å². The van der Waals surface area contributed by atoms with Crippen molar-refractivity contribution in [2.24, 2.45) is 0 Å². The topological polar surface area (TPSA) is 46.6 Å². The molecule has 0 radical (unpaired) electrons. The maximum Gasteiger partial charge on any atom is 0.307 e. The normalized spacial score (nSPS) is 10.5. The molecule has 0 N–H and O–H groups in total. The van der Waals surface area contributed by atoms with Crippen molar-refractivity contribution in [1.29, 1.82) is 0 Å². The van der Waals surface area contributed by atoms with Gasteiger partial charge in [0.25, 0.3) is 0 Å². The van der Waals surface area contributed by atoms with Crippen LogP contribution in [0.2, 0.25) is 0 Å². The summed E-state index contributed by atoms with van der Waals surface area (Å²) in [6.45, 7) is 5.03. The van der Waals surface area contributed by atoms with Crippen LogP contribution < -0.4 is 0 Å². The van der Waals surface area contributed by atoms with Gasteiger partial charge >= 0.3 is 5.97 Å². The third kappa shape index (κ3) is 12.7. The summed E-state index contributed by atoms with van der Waals surface area (Å²) >= 11 is 0. The van der Waals surface area contributed by atoms with E-state index in [1.807, 2.05) is 0 Å². The molecule has 0 spiro atoms. The van der Waals surface area contributed by atoms with E-state index >= 15 is 0 Å². The summed E-state index contributed by atoms with van der Waals surface area (Å²) in [6.07, 6.45) is 13.1. The molecule has 0 aliphatic carbocycles. The van der Waals surface area contributed by atoms with E-state index in [0.29, 0.717) is 6.54 Å². The molecule has 0 fully saturated rings. The first kappa shape index (κ1) is 20.9. The van der Waals surface area contributed by atoms with E-state index in [2.05, 4.69) is 11.7 Å². The second-order valence-corrected chi connectivity index (χ2v) is 6.01. The minimum absolute atomic E-state index is 0.0415. The van der Waals surface area contributed by atoms with Gasteiger partial charge in [0.05, 0.1) is 13.5 Å². The van der Waals surface area contributed by atoms with Gasteiger partial charge in [-0.3, -0.25) is 9.59 Å². The molecule has 0 aromatic rings. The lowest BCUT2D eigenvalue weighted by Gasteiger charge is -2.20. The van der Waals surface area contributed by atoms with Crippen molar-refractivity contribution in [3.05, 3.63) is 0 Å². The van der Waals surface area contributed by atoms with E-state index in [9.17, 15) is 9.59 Å². The van der Waals surface area contributed by atoms with E-state index < -0.39 is 0 Å². The summed E-state index contributed by atoms with van der Waals surface area (Å²) in [5.41, 5.74) is 0. The van der Waals surface area contributed by atoms with Gasteiger partial charge < -0.3 is 9.64 Å². The Morgan fingerprint density at radius 1 is 0.818 bits per heavy atom. The number of methoxy groups -OCH3 is 1. The van der Waals surface area contributed by atoms with Crippen molar-refractivity contribution in [1.82, 2.24) is 4.90 Å². The molecule has 0 unspecified atom stereocenters. The molecular formula is C18H35NO3. The number of unbranched alkanes of at least 4 members (excludes halogenated alkanes) is 9. The summed E-state index contributed by atoms with van der Waals surface area (Å²) in [4.78, 5) is 24.4. The smallest absolute Gasteiger partial charge is 0.307 e. The van der Waals surface area contributed by atoms with Gasteiger partial charge in [-0.25, -0.2) is 0 Å². The Kier molecular flexibility index (Phi) is 14.1. The van der Waals surface area contributed by atoms with Crippen molar-refractivity contribution in [2.75, 3.05) is 20.2 Å². The molecule has 0 bridgehead atoms. The first-order chi connectivity index (χ1) is 10.6. The lowest BCUT2D eigenvalue weighted by atomic mass is 10.1. The Morgan fingerprint density at radius 3 is 1.77 bits per heavy atom. The van der Waals surface area contributed by atoms with Crippen LogP contribution in [-0.2, 0) is 14.3 Å². The second kappa shape index (κ2) is 14.9. The molecule has 0 saturated heterocycles. The van der Waals surface area contributed by atoms with Crippen LogP contribution in [0, 0.1) is 0 Å². The maximum absolute atomic E-state index is 11.5. The van der Waals surface area contributed by atoms with E-state index in [1.165, 1.54) is 58.5 Å². The molecule has 0 aromatic heterocycles. The lowest BCUT2D eigenvalue weighted by molar-refractivity contribution is -0.141. The Bertz CT molecular complexity index is 292. The summed E-state index contributed by atoms with van der Waals surface area (Å²) in [7, 11) is 1.38. The molecule has 22 heavy (non-hydrogen) atoms. The maximum atomic E-state index is 11.5. The average Bonchev–Trinajstić information content (AvgIpc) is 2.51. The number of carbonyl (C=O) groups excluding carboxylic acids is 2. The molecule has 1 amide bonds. The quantitative estimate of drug-likeness (QED) is 0.354. The van der Waals surface area contributed by atoms with E-state index in [1.54, 1.807) is 11.8 Å². The van der Waals surface area contributed by atoms with Crippen molar-refractivity contribution < 1.29 is 14.3 Å². The van der Waals surface area contributed by atoms with E-state index in [-0.39, 0.29) is 18.3 Å². The predicted molar refractivity (Wildman–Crippen MR) is 90.7 cm³/mol. The van der Waals surface area contributed by atoms with Crippen molar-refractivity contribution in [3.8, 4) is 0 Å². The molecule has 0 heterocycles. The summed E-state index contributed by atoms with van der Waals surface area (Å²) in [6, 6.07) is 0. The van der Waals surface area contributed by atoms with Crippen LogP contribution in [0.25, 0.3) is 0 Å². The summed E-state index contributed by atoms with van der Waals surface area (Å²) in [5.74, 6) is -0.214. The number of amides is 1. The molecule has 0 aromatic carbocycles. The van der Waals surface area contributed by atoms with Crippen molar-refractivity contribution >= 4 is 11.9 Å². The Morgan fingerprint density at radius 2 is 1.32 bits per heavy atom. The van der Waals surface area contributed by atoms with Crippen LogP contribution in [0.3, 0.4) is 0 Å². The number of nitrogens with zero attached hydrogens (tertiary/aromatic N) is 1. The van der Waals surface area contributed by atoms with Crippen molar-refractivity contribution in [2.45, 2.75) is 84.5 Å². The van der Waals surface area contributed by atoms with Gasteiger partial charge in [-0.15, -0.1) is 0 Å². The largest absolute Gasteiger partial charge is 0.469 e. The van der Waals surface area contributed by atoms with Crippen LogP contribution in [0.4, 0.5) is 0 Å². The zero-order chi connectivity index (χ0) is 16.6. The van der Waals surface area contributed by atoms with Crippen LogP contribution in [0.5, 0.6) is 0 Å². The van der Waals surface area contributed by atoms with Gasteiger partial charge in [0, 0.05) is 20.0 Å². The highest BCUT2D eigenvalue weighted by molar-refractivity contribution is 5.74. The molecule has 0 rings (SSSR count). The molecule has 130 valence electrons. The zero-order valence-corrected chi connectivity index (χ0v) is 14.9. The number of esters is 1. The third-order valence-electron chi connectivity index (χ3n) is 4.04. The minimum Gasteiger partial charge on any atom is -0.469 e. The highest BCUT2D eigenvalue weighted by Crippen LogP contribution is 2.11. The number of ether oxygens (including phenoxy) is 1. The van der Waals surface area contributed by atoms with Crippen molar-refractivity contribution in [3.63, 3.8) is 0 Å². The molecule has 0 aliphatic rings. The second-order valence-electron chi connectivity index (χ2n) is 6.01. The lowest BCUT2D eigenvalue weighted by Crippen LogP contribution is -2.32. The molecule has 4 heteroatoms. The number of carbonyl (C=O) groups is 2. The highest BCUT2D eigenvalue weighted by atomic mass is 16.5. The minimum atomic E-state index is -0.255. The zero-order valence-electron chi connectivity index (χ0n) is 14.9. The SMILES string of the molecule is CCCCCCCCCCCCN(CCC(=O)OC)C(C)=O. The van der Waals surface area contributed by atoms with Crippen LogP contribution >= 0.6 is 0 Å². The molecular weight excluding hydrogens is 278 g/mol. The first-order valence-corrected chi connectivity index (χ1v) is 8.94. The predicted octanol–water partition coefficient (Wildman–Crippen LogP) is 4.32. The van der Waals surface area contributed by atoms with Gasteiger partial charge in [-0.2, -0.15) is 0 Å². The Hall–Kier alpha value is -1.06. The number of hydrogen-bond acceptors (Lipinski definition) is 3. The third-order valence-corrected chi connectivity index (χ3v) is 4.04. The highest BCUT2D eigenvalue weighted by Gasteiger charge is 2.10. The van der Waals surface area contributed by atoms with E-state index in [0.717, 1.165) is 19.4 Å². The Balaban J connectivity index is 3.52. The standard InChI is InChI=1S/C18H35NO3/c1-4-5-6-7-8-9-10-11-12-13-15-19(17(2)20)16-14-18(21)22-3/h4-16H2,1-3H3. The number of hydrogen-bond donors (Lipinski definition) is 0. The summed E-state index contributed by atoms with van der Waals surface area (Å²) in [5, 5.41) is 0. The van der Waals surface area contributed by atoms with Crippen LogP contribution in [0.15, 0.2) is 0 Å². The van der Waals surface area contributed by atoms with Gasteiger partial charge in [0.15, 0.2) is 0 Å². The van der Waals surface area contributed by atoms with Crippen LogP contribution in [0.1, 0.15) is 84.5 Å². The fourth-order valence-electron chi connectivity index (χ4n) is 2.55. The summed E-state index contributed by atoms with van der Waals surface area (Å²) < 4.78 is 4.61. The fourth-order valence-corrected chi connectivity index (χ4v) is 2.55. The molecule has 0 atom stereocenters. The fraction of sp³-hybridized carbons (Fsp3) is 0.889. The molecule has 0 saturated carbocycles. The monoisotopic (exact) mass is 313 g/mol. The Labute approximate surface area is 136 Å². The molecule has 4 nitrogen and oxygen atoms in total.